The molecule has 1 N–H and O–H groups in total. The van der Waals surface area contributed by atoms with E-state index in [0.29, 0.717) is 0 Å². The molecule has 0 spiro atoms. The first kappa shape index (κ1) is 10.3. The average molecular weight is 163 g/mol. The summed E-state index contributed by atoms with van der Waals surface area (Å²) in [5, 5.41) is 3.11. The third kappa shape index (κ3) is 8.27. The van der Waals surface area contributed by atoms with Gasteiger partial charge in [0.15, 0.2) is 0 Å². The molecule has 0 atom stereocenters. The van der Waals surface area contributed by atoms with Gasteiger partial charge in [-0.3, -0.25) is 0 Å². The van der Waals surface area contributed by atoms with Crippen molar-refractivity contribution in [2.75, 3.05) is 38.8 Å². The van der Waals surface area contributed by atoms with Crippen LogP contribution in [-0.2, 0) is 4.74 Å². The van der Waals surface area contributed by atoms with Gasteiger partial charge in [-0.2, -0.15) is 11.8 Å². The highest BCUT2D eigenvalue weighted by molar-refractivity contribution is 7.99. The molecule has 10 heavy (non-hydrogen) atoms. The summed E-state index contributed by atoms with van der Waals surface area (Å²) in [6.45, 7) is 2.00. The van der Waals surface area contributed by atoms with E-state index in [1.807, 2.05) is 18.8 Å². The van der Waals surface area contributed by atoms with E-state index in [1.54, 1.807) is 7.11 Å². The smallest absolute Gasteiger partial charge is 0.0552 e. The van der Waals surface area contributed by atoms with Gasteiger partial charge in [-0.05, 0) is 25.8 Å². The Kier molecular flexibility index (Phi) is 9.52. The normalized spacial score (nSPS) is 10.2. The van der Waals surface area contributed by atoms with Crippen molar-refractivity contribution in [3.05, 3.63) is 0 Å². The summed E-state index contributed by atoms with van der Waals surface area (Å²) in [5.41, 5.74) is 0. The van der Waals surface area contributed by atoms with Gasteiger partial charge in [-0.25, -0.2) is 0 Å². The number of nitrogens with one attached hydrogen (secondary N) is 1. The van der Waals surface area contributed by atoms with E-state index in [0.717, 1.165) is 18.9 Å². The van der Waals surface area contributed by atoms with Crippen molar-refractivity contribution in [1.82, 2.24) is 5.32 Å². The fraction of sp³-hybridized carbons (Fsp3) is 1.00. The Morgan fingerprint density at radius 2 is 2.20 bits per heavy atom. The predicted octanol–water partition coefficient (Wildman–Crippen LogP) is 0.976. The monoisotopic (exact) mass is 163 g/mol. The van der Waals surface area contributed by atoms with Gasteiger partial charge in [0.1, 0.15) is 0 Å². The van der Waals surface area contributed by atoms with Crippen LogP contribution in [0.1, 0.15) is 6.42 Å². The van der Waals surface area contributed by atoms with Crippen LogP contribution in [0.5, 0.6) is 0 Å². The molecule has 2 nitrogen and oxygen atoms in total. The van der Waals surface area contributed by atoms with Gasteiger partial charge in [-0.15, -0.1) is 0 Å². The molecular weight excluding hydrogens is 146 g/mol. The van der Waals surface area contributed by atoms with Crippen molar-refractivity contribution in [2.24, 2.45) is 0 Å². The van der Waals surface area contributed by atoms with Crippen LogP contribution in [0.2, 0.25) is 0 Å². The van der Waals surface area contributed by atoms with E-state index < -0.39 is 0 Å². The lowest BCUT2D eigenvalue weighted by molar-refractivity contribution is 0.218. The van der Waals surface area contributed by atoms with Gasteiger partial charge in [0, 0.05) is 12.9 Å². The first-order valence-corrected chi connectivity index (χ1v) is 4.78. The number of methoxy groups -OCH3 is 1. The molecule has 0 aliphatic rings. The zero-order valence-corrected chi connectivity index (χ0v) is 7.67. The Morgan fingerprint density at radius 1 is 1.40 bits per heavy atom. The van der Waals surface area contributed by atoms with Crippen LogP contribution in [-0.4, -0.2) is 38.8 Å². The number of ether oxygens (including phenoxy) is 1. The van der Waals surface area contributed by atoms with Gasteiger partial charge in [0.2, 0.25) is 0 Å². The number of hydrogen-bond donors (Lipinski definition) is 1. The molecule has 0 rings (SSSR count). The molecule has 0 aliphatic carbocycles. The lowest BCUT2D eigenvalue weighted by Crippen LogP contribution is -2.08. The third-order valence-corrected chi connectivity index (χ3v) is 2.18. The highest BCUT2D eigenvalue weighted by Crippen LogP contribution is 2.00. The molecule has 0 aliphatic heterocycles. The first-order valence-electron chi connectivity index (χ1n) is 3.63. The zero-order chi connectivity index (χ0) is 7.66. The van der Waals surface area contributed by atoms with E-state index in [9.17, 15) is 0 Å². The second-order valence-electron chi connectivity index (χ2n) is 2.06. The summed E-state index contributed by atoms with van der Waals surface area (Å²) in [7, 11) is 3.73. The molecule has 0 saturated heterocycles. The topological polar surface area (TPSA) is 21.3 Å². The van der Waals surface area contributed by atoms with Gasteiger partial charge >= 0.3 is 0 Å². The number of hydrogen-bond acceptors (Lipinski definition) is 3. The summed E-state index contributed by atoms with van der Waals surface area (Å²) >= 11 is 1.95. The summed E-state index contributed by atoms with van der Waals surface area (Å²) in [5.74, 6) is 2.37. The molecule has 0 radical (unpaired) electrons. The second kappa shape index (κ2) is 9.27. The van der Waals surface area contributed by atoms with Crippen LogP contribution < -0.4 is 5.32 Å². The molecule has 3 heteroatoms. The van der Waals surface area contributed by atoms with Crippen molar-refractivity contribution >= 4 is 11.8 Å². The minimum atomic E-state index is 0.879. The third-order valence-electron chi connectivity index (χ3n) is 1.15. The van der Waals surface area contributed by atoms with Crippen molar-refractivity contribution in [3.8, 4) is 0 Å². The van der Waals surface area contributed by atoms with Crippen LogP contribution in [0, 0.1) is 0 Å². The van der Waals surface area contributed by atoms with E-state index in [-0.39, 0.29) is 0 Å². The molecule has 0 aromatic heterocycles. The van der Waals surface area contributed by atoms with Crippen LogP contribution in [0.4, 0.5) is 0 Å². The van der Waals surface area contributed by atoms with Crippen molar-refractivity contribution < 1.29 is 4.74 Å². The van der Waals surface area contributed by atoms with E-state index in [1.165, 1.54) is 12.2 Å². The predicted molar refractivity (Wildman–Crippen MR) is 47.7 cm³/mol. The largest absolute Gasteiger partial charge is 0.384 e. The minimum Gasteiger partial charge on any atom is -0.384 e. The first-order chi connectivity index (χ1) is 4.91. The molecular formula is C7H17NOS. The lowest BCUT2D eigenvalue weighted by atomic mass is 10.5. The highest BCUT2D eigenvalue weighted by atomic mass is 32.2. The van der Waals surface area contributed by atoms with Crippen LogP contribution >= 0.6 is 11.8 Å². The van der Waals surface area contributed by atoms with Crippen molar-refractivity contribution in [2.45, 2.75) is 6.42 Å². The number of thioether (sulfide) groups is 1. The Labute approximate surface area is 67.7 Å². The van der Waals surface area contributed by atoms with Gasteiger partial charge in [0.25, 0.3) is 0 Å². The van der Waals surface area contributed by atoms with Crippen LogP contribution in [0.3, 0.4) is 0 Å². The second-order valence-corrected chi connectivity index (χ2v) is 3.29. The maximum Gasteiger partial charge on any atom is 0.0552 e. The van der Waals surface area contributed by atoms with Crippen LogP contribution in [0.15, 0.2) is 0 Å². The zero-order valence-electron chi connectivity index (χ0n) is 6.85. The Bertz CT molecular complexity index is 53.6. The molecule has 0 fully saturated rings. The maximum atomic E-state index is 4.91. The van der Waals surface area contributed by atoms with Crippen LogP contribution in [0.25, 0.3) is 0 Å². The maximum absolute atomic E-state index is 4.91. The fourth-order valence-electron chi connectivity index (χ4n) is 0.595. The summed E-state index contributed by atoms with van der Waals surface area (Å²) < 4.78 is 4.91. The molecule has 0 saturated carbocycles. The molecule has 62 valence electrons. The number of rotatable bonds is 7. The van der Waals surface area contributed by atoms with Gasteiger partial charge in [0.05, 0.1) is 6.61 Å². The van der Waals surface area contributed by atoms with Crippen molar-refractivity contribution in [1.29, 1.82) is 0 Å². The van der Waals surface area contributed by atoms with E-state index in [2.05, 4.69) is 5.32 Å². The summed E-state index contributed by atoms with van der Waals surface area (Å²) in [6.07, 6.45) is 1.25. The lowest BCUT2D eigenvalue weighted by Gasteiger charge is -1.99. The standard InChI is InChI=1S/C7H17NOS/c1-8-4-3-6-10-7-5-9-2/h8H,3-7H2,1-2H3. The van der Waals surface area contributed by atoms with E-state index >= 15 is 0 Å². The minimum absolute atomic E-state index is 0.879. The van der Waals surface area contributed by atoms with Crippen molar-refractivity contribution in [3.63, 3.8) is 0 Å². The Balaban J connectivity index is 2.65. The summed E-state index contributed by atoms with van der Waals surface area (Å²) in [6, 6.07) is 0. The SMILES string of the molecule is CNCCCSCCOC. The molecule has 0 amide bonds. The average Bonchev–Trinajstić information content (AvgIpc) is 1.97. The Morgan fingerprint density at radius 3 is 2.80 bits per heavy atom. The Hall–Kier alpha value is 0.270. The molecule has 0 aromatic rings. The van der Waals surface area contributed by atoms with E-state index in [4.69, 9.17) is 4.74 Å². The fourth-order valence-corrected chi connectivity index (χ4v) is 1.43. The molecule has 0 aromatic carbocycles. The van der Waals surface area contributed by atoms with Gasteiger partial charge in [-0.1, -0.05) is 0 Å². The quantitative estimate of drug-likeness (QED) is 0.565. The summed E-state index contributed by atoms with van der Waals surface area (Å²) in [4.78, 5) is 0. The molecule has 0 heterocycles. The molecule has 0 unspecified atom stereocenters. The van der Waals surface area contributed by atoms with Gasteiger partial charge < -0.3 is 10.1 Å². The highest BCUT2D eigenvalue weighted by Gasteiger charge is 1.87. The molecule has 0 bridgehead atoms.